The predicted molar refractivity (Wildman–Crippen MR) is 84.0 cm³/mol. The van der Waals surface area contributed by atoms with Crippen LogP contribution in [-0.4, -0.2) is 44.7 Å². The minimum absolute atomic E-state index is 0.0349. The molecule has 2 heterocycles. The van der Waals surface area contributed by atoms with Gasteiger partial charge in [0.1, 0.15) is 0 Å². The summed E-state index contributed by atoms with van der Waals surface area (Å²) in [6.07, 6.45) is 3.35. The number of rotatable bonds is 5. The highest BCUT2D eigenvalue weighted by Gasteiger charge is 2.28. The number of aromatic nitrogens is 2. The first kappa shape index (κ1) is 15.9. The number of carbonyl (C=O) groups is 1. The molecule has 116 valence electrons. The van der Waals surface area contributed by atoms with Crippen molar-refractivity contribution in [1.82, 2.24) is 9.55 Å². The van der Waals surface area contributed by atoms with E-state index < -0.39 is 5.97 Å². The maximum absolute atomic E-state index is 12.5. The molecule has 1 aromatic heterocycles. The van der Waals surface area contributed by atoms with Gasteiger partial charge in [-0.05, 0) is 5.92 Å². The van der Waals surface area contributed by atoms with E-state index in [2.05, 4.69) is 18.8 Å². The molecular weight excluding hydrogens is 290 g/mol. The van der Waals surface area contributed by atoms with E-state index in [9.17, 15) is 9.59 Å². The van der Waals surface area contributed by atoms with Crippen molar-refractivity contribution < 1.29 is 9.90 Å². The zero-order chi connectivity index (χ0) is 15.4. The van der Waals surface area contributed by atoms with Crippen LogP contribution in [0, 0.1) is 5.92 Å². The summed E-state index contributed by atoms with van der Waals surface area (Å²) in [5, 5.41) is 9.03. The second kappa shape index (κ2) is 6.98. The molecule has 1 N–H and O–H groups in total. The molecule has 0 bridgehead atoms. The van der Waals surface area contributed by atoms with Crippen LogP contribution >= 0.6 is 11.8 Å². The summed E-state index contributed by atoms with van der Waals surface area (Å²) < 4.78 is 1.66. The lowest BCUT2D eigenvalue weighted by molar-refractivity contribution is -0.137. The zero-order valence-electron chi connectivity index (χ0n) is 12.4. The number of hydrogen-bond donors (Lipinski definition) is 1. The van der Waals surface area contributed by atoms with Crippen LogP contribution in [0.25, 0.3) is 0 Å². The van der Waals surface area contributed by atoms with E-state index in [4.69, 9.17) is 5.11 Å². The quantitative estimate of drug-likeness (QED) is 0.883. The van der Waals surface area contributed by atoms with Crippen LogP contribution in [-0.2, 0) is 11.3 Å². The van der Waals surface area contributed by atoms with E-state index in [1.165, 1.54) is 0 Å². The number of anilines is 1. The minimum atomic E-state index is -0.842. The Hall–Kier alpha value is -1.50. The van der Waals surface area contributed by atoms with Gasteiger partial charge in [0.05, 0.1) is 12.5 Å². The standard InChI is InChI=1S/C14H21N3O3S/c1-10(2)8-16-4-3-15-13(14(16)20)17-5-6-21-9-11(17)7-12(18)19/h3-4,10-11H,5-9H2,1-2H3,(H,18,19). The van der Waals surface area contributed by atoms with Gasteiger partial charge < -0.3 is 14.6 Å². The maximum Gasteiger partial charge on any atom is 0.305 e. The summed E-state index contributed by atoms with van der Waals surface area (Å²) in [5.41, 5.74) is -0.131. The number of hydrogen-bond acceptors (Lipinski definition) is 5. The minimum Gasteiger partial charge on any atom is -0.481 e. The second-order valence-corrected chi connectivity index (χ2v) is 6.77. The summed E-state index contributed by atoms with van der Waals surface area (Å²) in [6, 6.07) is -0.170. The van der Waals surface area contributed by atoms with Crippen LogP contribution in [0.15, 0.2) is 17.2 Å². The van der Waals surface area contributed by atoms with Gasteiger partial charge in [-0.15, -0.1) is 0 Å². The van der Waals surface area contributed by atoms with E-state index in [-0.39, 0.29) is 18.0 Å². The molecule has 1 unspecified atom stereocenters. The molecular formula is C14H21N3O3S. The highest BCUT2D eigenvalue weighted by Crippen LogP contribution is 2.22. The molecule has 1 aliphatic rings. The monoisotopic (exact) mass is 311 g/mol. The van der Waals surface area contributed by atoms with Crippen molar-refractivity contribution in [3.63, 3.8) is 0 Å². The van der Waals surface area contributed by atoms with Crippen molar-refractivity contribution >= 4 is 23.5 Å². The topological polar surface area (TPSA) is 75.4 Å². The van der Waals surface area contributed by atoms with E-state index in [0.29, 0.717) is 30.6 Å². The normalized spacial score (nSPS) is 19.0. The molecule has 21 heavy (non-hydrogen) atoms. The summed E-state index contributed by atoms with van der Waals surface area (Å²) in [5.74, 6) is 1.50. The largest absolute Gasteiger partial charge is 0.481 e. The van der Waals surface area contributed by atoms with Crippen molar-refractivity contribution in [2.45, 2.75) is 32.9 Å². The average molecular weight is 311 g/mol. The maximum atomic E-state index is 12.5. The van der Waals surface area contributed by atoms with Gasteiger partial charge >= 0.3 is 5.97 Å². The Morgan fingerprint density at radius 3 is 3.00 bits per heavy atom. The first-order valence-corrected chi connectivity index (χ1v) is 8.26. The first-order chi connectivity index (χ1) is 9.99. The highest BCUT2D eigenvalue weighted by atomic mass is 32.2. The molecule has 0 aliphatic carbocycles. The Morgan fingerprint density at radius 1 is 1.57 bits per heavy atom. The molecule has 0 aromatic carbocycles. The van der Waals surface area contributed by atoms with Gasteiger partial charge in [-0.25, -0.2) is 4.98 Å². The van der Waals surface area contributed by atoms with Crippen molar-refractivity contribution in [2.75, 3.05) is 23.0 Å². The van der Waals surface area contributed by atoms with E-state index in [1.54, 1.807) is 28.7 Å². The molecule has 7 heteroatoms. The summed E-state index contributed by atoms with van der Waals surface area (Å²) in [6.45, 7) is 5.41. The van der Waals surface area contributed by atoms with Crippen LogP contribution in [0.1, 0.15) is 20.3 Å². The molecule has 1 aromatic rings. The highest BCUT2D eigenvalue weighted by molar-refractivity contribution is 7.99. The molecule has 6 nitrogen and oxygen atoms in total. The Morgan fingerprint density at radius 2 is 2.33 bits per heavy atom. The zero-order valence-corrected chi connectivity index (χ0v) is 13.2. The van der Waals surface area contributed by atoms with Crippen molar-refractivity contribution in [1.29, 1.82) is 0 Å². The lowest BCUT2D eigenvalue weighted by Gasteiger charge is -2.35. The van der Waals surface area contributed by atoms with Crippen molar-refractivity contribution in [3.05, 3.63) is 22.7 Å². The van der Waals surface area contributed by atoms with Gasteiger partial charge in [0, 0.05) is 37.0 Å². The number of carboxylic acids is 1. The lowest BCUT2D eigenvalue weighted by atomic mass is 10.2. The van der Waals surface area contributed by atoms with E-state index >= 15 is 0 Å². The Balaban J connectivity index is 2.30. The molecule has 1 saturated heterocycles. The average Bonchev–Trinajstić information content (AvgIpc) is 2.41. The fourth-order valence-corrected chi connectivity index (χ4v) is 3.54. The molecule has 1 atom stereocenters. The number of thioether (sulfide) groups is 1. The second-order valence-electron chi connectivity index (χ2n) is 5.62. The number of nitrogens with zero attached hydrogens (tertiary/aromatic N) is 3. The number of carboxylic acid groups (broad SMARTS) is 1. The van der Waals surface area contributed by atoms with Gasteiger partial charge in [0.2, 0.25) is 0 Å². The van der Waals surface area contributed by atoms with Gasteiger partial charge in [0.15, 0.2) is 5.82 Å². The fourth-order valence-electron chi connectivity index (χ4n) is 2.47. The number of aliphatic carboxylic acids is 1. The van der Waals surface area contributed by atoms with Crippen LogP contribution < -0.4 is 10.5 Å². The summed E-state index contributed by atoms with van der Waals surface area (Å²) in [4.78, 5) is 29.6. The predicted octanol–water partition coefficient (Wildman–Crippen LogP) is 1.30. The van der Waals surface area contributed by atoms with Gasteiger partial charge in [0.25, 0.3) is 5.56 Å². The molecule has 0 amide bonds. The van der Waals surface area contributed by atoms with Crippen LogP contribution in [0.2, 0.25) is 0 Å². The summed E-state index contributed by atoms with van der Waals surface area (Å²) in [7, 11) is 0. The molecule has 2 rings (SSSR count). The Labute approximate surface area is 128 Å². The van der Waals surface area contributed by atoms with Crippen LogP contribution in [0.4, 0.5) is 5.82 Å². The molecule has 1 fully saturated rings. The molecule has 0 radical (unpaired) electrons. The lowest BCUT2D eigenvalue weighted by Crippen LogP contribution is -2.47. The molecule has 0 spiro atoms. The SMILES string of the molecule is CC(C)Cn1ccnc(N2CCSCC2CC(=O)O)c1=O. The summed E-state index contributed by atoms with van der Waals surface area (Å²) >= 11 is 1.72. The van der Waals surface area contributed by atoms with Crippen molar-refractivity contribution in [2.24, 2.45) is 5.92 Å². The molecule has 1 aliphatic heterocycles. The van der Waals surface area contributed by atoms with E-state index in [0.717, 1.165) is 5.75 Å². The van der Waals surface area contributed by atoms with E-state index in [1.807, 2.05) is 4.90 Å². The Kier molecular flexibility index (Phi) is 5.27. The third-order valence-electron chi connectivity index (χ3n) is 3.37. The van der Waals surface area contributed by atoms with Gasteiger partial charge in [-0.3, -0.25) is 9.59 Å². The van der Waals surface area contributed by atoms with Crippen LogP contribution in [0.3, 0.4) is 0 Å². The Bertz CT molecular complexity index is 559. The van der Waals surface area contributed by atoms with Gasteiger partial charge in [-0.2, -0.15) is 11.8 Å². The fraction of sp³-hybridized carbons (Fsp3) is 0.643. The van der Waals surface area contributed by atoms with Crippen molar-refractivity contribution in [3.8, 4) is 0 Å². The third kappa shape index (κ3) is 4.00. The molecule has 0 saturated carbocycles. The van der Waals surface area contributed by atoms with Gasteiger partial charge in [-0.1, -0.05) is 13.8 Å². The smallest absolute Gasteiger partial charge is 0.305 e. The first-order valence-electron chi connectivity index (χ1n) is 7.10. The van der Waals surface area contributed by atoms with Crippen LogP contribution in [0.5, 0.6) is 0 Å². The third-order valence-corrected chi connectivity index (χ3v) is 4.46.